The molecule has 162 valence electrons. The summed E-state index contributed by atoms with van der Waals surface area (Å²) in [5.74, 6) is 0.0263. The molecule has 0 aliphatic rings. The number of methoxy groups -OCH3 is 1. The molecule has 3 aromatic rings. The molecule has 1 amide bonds. The molecule has 0 saturated carbocycles. The van der Waals surface area contributed by atoms with Crippen molar-refractivity contribution < 1.29 is 14.3 Å². The van der Waals surface area contributed by atoms with Gasteiger partial charge < -0.3 is 14.6 Å². The van der Waals surface area contributed by atoms with E-state index < -0.39 is 11.5 Å². The van der Waals surface area contributed by atoms with Crippen molar-refractivity contribution in [3.05, 3.63) is 65.7 Å². The molecule has 0 unspecified atom stereocenters. The molecule has 0 aliphatic heterocycles. The summed E-state index contributed by atoms with van der Waals surface area (Å²) < 4.78 is 6.93. The van der Waals surface area contributed by atoms with E-state index in [1.807, 2.05) is 60.9 Å². The summed E-state index contributed by atoms with van der Waals surface area (Å²) in [4.78, 5) is 25.2. The SMILES string of the molecule is CCn1c(SCC(=O)N[C@@](C)(C(=O)OC)c2ccccc2)nnc1-c1ccccc1C. The van der Waals surface area contributed by atoms with E-state index in [9.17, 15) is 9.59 Å². The lowest BCUT2D eigenvalue weighted by Gasteiger charge is -2.28. The maximum atomic E-state index is 12.8. The van der Waals surface area contributed by atoms with E-state index in [2.05, 4.69) is 15.5 Å². The van der Waals surface area contributed by atoms with Gasteiger partial charge in [-0.25, -0.2) is 4.79 Å². The van der Waals surface area contributed by atoms with Crippen molar-refractivity contribution in [1.29, 1.82) is 0 Å². The number of nitrogens with zero attached hydrogens (tertiary/aromatic N) is 3. The first-order valence-corrected chi connectivity index (χ1v) is 11.0. The third-order valence-electron chi connectivity index (χ3n) is 5.09. The molecule has 1 aromatic heterocycles. The topological polar surface area (TPSA) is 86.1 Å². The van der Waals surface area contributed by atoms with Crippen LogP contribution in [0.2, 0.25) is 0 Å². The standard InChI is InChI=1S/C23H26N4O3S/c1-5-27-20(18-14-10-9-11-16(18)2)25-26-22(27)31-15-19(28)24-23(3,21(29)30-4)17-12-7-6-8-13-17/h6-14H,5,15H2,1-4H3,(H,24,28)/t23-/m1/s1. The number of ether oxygens (including phenoxy) is 1. The molecule has 0 fully saturated rings. The van der Waals surface area contributed by atoms with E-state index in [4.69, 9.17) is 4.74 Å². The minimum Gasteiger partial charge on any atom is -0.467 e. The number of carbonyl (C=O) groups is 2. The molecule has 0 aliphatic carbocycles. The van der Waals surface area contributed by atoms with Crippen LogP contribution >= 0.6 is 11.8 Å². The van der Waals surface area contributed by atoms with E-state index in [0.717, 1.165) is 17.0 Å². The monoisotopic (exact) mass is 438 g/mol. The molecule has 1 N–H and O–H groups in total. The van der Waals surface area contributed by atoms with Crippen LogP contribution in [0.5, 0.6) is 0 Å². The second-order valence-corrected chi connectivity index (χ2v) is 8.13. The van der Waals surface area contributed by atoms with Crippen LogP contribution in [0.4, 0.5) is 0 Å². The summed E-state index contributed by atoms with van der Waals surface area (Å²) >= 11 is 1.28. The average molecular weight is 439 g/mol. The highest BCUT2D eigenvalue weighted by Gasteiger charge is 2.38. The van der Waals surface area contributed by atoms with Crippen molar-refractivity contribution in [3.8, 4) is 11.4 Å². The van der Waals surface area contributed by atoms with Gasteiger partial charge in [0.1, 0.15) is 0 Å². The van der Waals surface area contributed by atoms with Gasteiger partial charge in [0.15, 0.2) is 16.5 Å². The van der Waals surface area contributed by atoms with Gasteiger partial charge in [-0.2, -0.15) is 0 Å². The lowest BCUT2D eigenvalue weighted by molar-refractivity contribution is -0.150. The Labute approximate surface area is 186 Å². The van der Waals surface area contributed by atoms with Crippen LogP contribution in [0, 0.1) is 6.92 Å². The van der Waals surface area contributed by atoms with Crippen LogP contribution in [0.1, 0.15) is 25.0 Å². The Morgan fingerprint density at radius 2 is 1.77 bits per heavy atom. The van der Waals surface area contributed by atoms with Crippen LogP contribution in [0.15, 0.2) is 59.8 Å². The lowest BCUT2D eigenvalue weighted by atomic mass is 9.92. The van der Waals surface area contributed by atoms with Crippen LogP contribution in [0.25, 0.3) is 11.4 Å². The van der Waals surface area contributed by atoms with Gasteiger partial charge in [0.2, 0.25) is 5.91 Å². The van der Waals surface area contributed by atoms with Crippen molar-refractivity contribution in [3.63, 3.8) is 0 Å². The molecule has 2 aromatic carbocycles. The van der Waals surface area contributed by atoms with Crippen molar-refractivity contribution in [2.24, 2.45) is 0 Å². The van der Waals surface area contributed by atoms with Gasteiger partial charge in [0.05, 0.1) is 12.9 Å². The summed E-state index contributed by atoms with van der Waals surface area (Å²) in [6.45, 7) is 6.35. The number of esters is 1. The van der Waals surface area contributed by atoms with Crippen LogP contribution in [-0.2, 0) is 26.4 Å². The van der Waals surface area contributed by atoms with Gasteiger partial charge in [-0.3, -0.25) is 4.79 Å². The van der Waals surface area contributed by atoms with Gasteiger partial charge in [0, 0.05) is 12.1 Å². The first kappa shape index (κ1) is 22.6. The molecule has 0 saturated heterocycles. The molecule has 0 bridgehead atoms. The van der Waals surface area contributed by atoms with Crippen molar-refractivity contribution in [2.45, 2.75) is 38.0 Å². The summed E-state index contributed by atoms with van der Waals surface area (Å²) in [5.41, 5.74) is 1.49. The highest BCUT2D eigenvalue weighted by atomic mass is 32.2. The van der Waals surface area contributed by atoms with Crippen LogP contribution in [-0.4, -0.2) is 39.5 Å². The van der Waals surface area contributed by atoms with Crippen molar-refractivity contribution >= 4 is 23.6 Å². The highest BCUT2D eigenvalue weighted by molar-refractivity contribution is 7.99. The smallest absolute Gasteiger partial charge is 0.336 e. The van der Waals surface area contributed by atoms with Gasteiger partial charge in [-0.05, 0) is 31.9 Å². The zero-order chi connectivity index (χ0) is 22.4. The molecule has 8 heteroatoms. The van der Waals surface area contributed by atoms with Crippen molar-refractivity contribution in [1.82, 2.24) is 20.1 Å². The fourth-order valence-corrected chi connectivity index (χ4v) is 4.17. The zero-order valence-electron chi connectivity index (χ0n) is 18.1. The quantitative estimate of drug-likeness (QED) is 0.427. The van der Waals surface area contributed by atoms with E-state index >= 15 is 0 Å². The summed E-state index contributed by atoms with van der Waals surface area (Å²) in [7, 11) is 1.31. The third-order valence-corrected chi connectivity index (χ3v) is 6.05. The number of amides is 1. The van der Waals surface area contributed by atoms with E-state index in [1.54, 1.807) is 19.1 Å². The summed E-state index contributed by atoms with van der Waals surface area (Å²) in [6.07, 6.45) is 0. The summed E-state index contributed by atoms with van der Waals surface area (Å²) in [6, 6.07) is 17.0. The van der Waals surface area contributed by atoms with Gasteiger partial charge >= 0.3 is 5.97 Å². The predicted molar refractivity (Wildman–Crippen MR) is 121 cm³/mol. The molecule has 1 atom stereocenters. The Morgan fingerprint density at radius 1 is 1.10 bits per heavy atom. The average Bonchev–Trinajstić information content (AvgIpc) is 3.20. The second kappa shape index (κ2) is 9.78. The Hall–Kier alpha value is -3.13. The fourth-order valence-electron chi connectivity index (χ4n) is 3.37. The first-order valence-electron chi connectivity index (χ1n) is 9.97. The Bertz CT molecular complexity index is 1070. The van der Waals surface area contributed by atoms with Gasteiger partial charge in [-0.15, -0.1) is 10.2 Å². The largest absolute Gasteiger partial charge is 0.467 e. The number of thioether (sulfide) groups is 1. The predicted octanol–water partition coefficient (Wildman–Crippen LogP) is 3.57. The lowest BCUT2D eigenvalue weighted by Crippen LogP contribution is -2.50. The number of aryl methyl sites for hydroxylation is 1. The Balaban J connectivity index is 1.76. The van der Waals surface area contributed by atoms with Crippen molar-refractivity contribution in [2.75, 3.05) is 12.9 Å². The molecule has 0 spiro atoms. The zero-order valence-corrected chi connectivity index (χ0v) is 18.9. The number of aromatic nitrogens is 3. The number of hydrogen-bond donors (Lipinski definition) is 1. The minimum absolute atomic E-state index is 0.0886. The summed E-state index contributed by atoms with van der Waals surface area (Å²) in [5, 5.41) is 12.1. The molecule has 1 heterocycles. The molecule has 3 rings (SSSR count). The number of benzene rings is 2. The fraction of sp³-hybridized carbons (Fsp3) is 0.304. The highest BCUT2D eigenvalue weighted by Crippen LogP contribution is 2.27. The maximum Gasteiger partial charge on any atom is 0.336 e. The normalized spacial score (nSPS) is 12.8. The van der Waals surface area contributed by atoms with E-state index in [-0.39, 0.29) is 11.7 Å². The number of rotatable bonds is 8. The number of hydrogen-bond acceptors (Lipinski definition) is 6. The Kier molecular flexibility index (Phi) is 7.12. The molecular formula is C23H26N4O3S. The van der Waals surface area contributed by atoms with Gasteiger partial charge in [-0.1, -0.05) is 66.4 Å². The maximum absolute atomic E-state index is 12.8. The molecule has 31 heavy (non-hydrogen) atoms. The third kappa shape index (κ3) is 4.80. The second-order valence-electron chi connectivity index (χ2n) is 7.18. The molecular weight excluding hydrogens is 412 g/mol. The molecule has 0 radical (unpaired) electrons. The first-order chi connectivity index (χ1) is 14.9. The van der Waals surface area contributed by atoms with Gasteiger partial charge in [0.25, 0.3) is 0 Å². The Morgan fingerprint density at radius 3 is 2.42 bits per heavy atom. The minimum atomic E-state index is -1.28. The van der Waals surface area contributed by atoms with Crippen LogP contribution < -0.4 is 5.32 Å². The molecule has 7 nitrogen and oxygen atoms in total. The van der Waals surface area contributed by atoms with E-state index in [1.165, 1.54) is 18.9 Å². The number of carbonyl (C=O) groups excluding carboxylic acids is 2. The van der Waals surface area contributed by atoms with Crippen LogP contribution in [0.3, 0.4) is 0 Å². The van der Waals surface area contributed by atoms with E-state index in [0.29, 0.717) is 17.3 Å². The number of nitrogens with one attached hydrogen (secondary N) is 1.